The molecule has 1 aromatic carbocycles. The third-order valence-electron chi connectivity index (χ3n) is 4.27. The molecule has 0 spiro atoms. The average Bonchev–Trinajstić information content (AvgIpc) is 2.90. The van der Waals surface area contributed by atoms with Gasteiger partial charge in [-0.25, -0.2) is 0 Å². The third-order valence-corrected chi connectivity index (χ3v) is 7.05. The summed E-state index contributed by atoms with van der Waals surface area (Å²) in [6.45, 7) is 2.13. The maximum Gasteiger partial charge on any atom is 0.0435 e. The van der Waals surface area contributed by atoms with Crippen LogP contribution >= 0.6 is 47.8 Å². The highest BCUT2D eigenvalue weighted by Crippen LogP contribution is 2.59. The highest BCUT2D eigenvalue weighted by atomic mass is 79.9. The van der Waals surface area contributed by atoms with Gasteiger partial charge in [-0.3, -0.25) is 0 Å². The van der Waals surface area contributed by atoms with Crippen molar-refractivity contribution in [1.29, 1.82) is 0 Å². The quantitative estimate of drug-likeness (QED) is 0.512. The van der Waals surface area contributed by atoms with Crippen LogP contribution in [0.4, 0.5) is 0 Å². The highest BCUT2D eigenvalue weighted by molar-refractivity contribution is 9.11. The van der Waals surface area contributed by atoms with Crippen LogP contribution in [-0.2, 0) is 0 Å². The predicted molar refractivity (Wildman–Crippen MR) is 82.6 cm³/mol. The highest BCUT2D eigenvalue weighted by Gasteiger charge is 2.47. The van der Waals surface area contributed by atoms with Crippen molar-refractivity contribution in [3.63, 3.8) is 0 Å². The van der Waals surface area contributed by atoms with Crippen LogP contribution in [0.1, 0.15) is 35.2 Å². The molecule has 0 radical (unpaired) electrons. The van der Waals surface area contributed by atoms with Crippen LogP contribution in [0.15, 0.2) is 21.1 Å². The lowest BCUT2D eigenvalue weighted by atomic mass is 9.94. The first kappa shape index (κ1) is 12.7. The van der Waals surface area contributed by atoms with E-state index in [4.69, 9.17) is 0 Å². The van der Waals surface area contributed by atoms with Gasteiger partial charge < -0.3 is 0 Å². The smallest absolute Gasteiger partial charge is 0.0435 e. The molecule has 0 bridgehead atoms. The molecule has 0 amide bonds. The Hall–Kier alpha value is 0.660. The first-order valence-corrected chi connectivity index (χ1v) is 8.66. The summed E-state index contributed by atoms with van der Waals surface area (Å²) in [5.74, 6) is 2.92. The summed E-state index contributed by atoms with van der Waals surface area (Å²) >= 11 is 11.3. The Morgan fingerprint density at radius 3 is 2.35 bits per heavy atom. The molecule has 3 heteroatoms. The van der Waals surface area contributed by atoms with E-state index in [-0.39, 0.29) is 0 Å². The van der Waals surface area contributed by atoms with Crippen LogP contribution in [0.25, 0.3) is 0 Å². The van der Waals surface area contributed by atoms with Crippen LogP contribution < -0.4 is 0 Å². The lowest BCUT2D eigenvalue weighted by molar-refractivity contribution is 0.481. The summed E-state index contributed by atoms with van der Waals surface area (Å²) in [5, 5.41) is 0. The monoisotopic (exact) mass is 420 g/mol. The molecule has 0 aliphatic heterocycles. The number of benzene rings is 1. The number of hydrogen-bond acceptors (Lipinski definition) is 0. The van der Waals surface area contributed by atoms with Crippen LogP contribution in [-0.4, -0.2) is 0 Å². The van der Waals surface area contributed by atoms with E-state index < -0.39 is 0 Å². The van der Waals surface area contributed by atoms with Gasteiger partial charge in [0.1, 0.15) is 0 Å². The molecule has 2 aliphatic rings. The van der Waals surface area contributed by atoms with Gasteiger partial charge in [0.05, 0.1) is 0 Å². The number of rotatable bonds is 2. The number of hydrogen-bond donors (Lipinski definition) is 0. The lowest BCUT2D eigenvalue weighted by Crippen LogP contribution is -2.06. The molecule has 0 nitrogen and oxygen atoms in total. The van der Waals surface area contributed by atoms with Crippen molar-refractivity contribution >= 4 is 47.8 Å². The molecule has 3 unspecified atom stereocenters. The summed E-state index contributed by atoms with van der Waals surface area (Å²) in [6.07, 6.45) is 4.33. The van der Waals surface area contributed by atoms with Crippen molar-refractivity contribution in [3.05, 3.63) is 32.2 Å². The molecule has 0 aromatic heterocycles. The molecule has 0 N–H and O–H groups in total. The lowest BCUT2D eigenvalue weighted by Gasteiger charge is -2.21. The van der Waals surface area contributed by atoms with Crippen molar-refractivity contribution in [2.24, 2.45) is 17.8 Å². The van der Waals surface area contributed by atoms with Gasteiger partial charge in [-0.2, -0.15) is 0 Å². The second-order valence-corrected chi connectivity index (χ2v) is 8.21. The van der Waals surface area contributed by atoms with Gasteiger partial charge in [0, 0.05) is 13.8 Å². The molecule has 3 rings (SSSR count). The van der Waals surface area contributed by atoms with E-state index in [1.165, 1.54) is 39.3 Å². The second-order valence-electron chi connectivity index (χ2n) is 5.51. The van der Waals surface area contributed by atoms with Gasteiger partial charge >= 0.3 is 0 Å². The maximum atomic E-state index is 3.92. The topological polar surface area (TPSA) is 0 Å². The van der Waals surface area contributed by atoms with Gasteiger partial charge in [-0.15, -0.1) is 0 Å². The Kier molecular flexibility index (Phi) is 3.46. The van der Waals surface area contributed by atoms with Gasteiger partial charge in [-0.05, 0) is 67.2 Å². The summed E-state index contributed by atoms with van der Waals surface area (Å²) < 4.78 is 2.45. The Balaban J connectivity index is 1.85. The SMILES string of the molecule is Cc1cc(Br)c(C(Br)C2CC3CC3C2)cc1Br. The fraction of sp³-hybridized carbons (Fsp3) is 0.571. The molecule has 2 fully saturated rings. The molecule has 0 saturated heterocycles. The summed E-state index contributed by atoms with van der Waals surface area (Å²) in [7, 11) is 0. The molecular weight excluding hydrogens is 408 g/mol. The number of halogens is 3. The van der Waals surface area contributed by atoms with E-state index >= 15 is 0 Å². The van der Waals surface area contributed by atoms with E-state index in [9.17, 15) is 0 Å². The molecule has 2 saturated carbocycles. The van der Waals surface area contributed by atoms with Crippen LogP contribution in [0.5, 0.6) is 0 Å². The number of alkyl halides is 1. The minimum absolute atomic E-state index is 0.501. The standard InChI is InChI=1S/C14H15Br3/c1-7-2-13(16)11(6-12(7)15)14(17)10-4-8-3-9(8)5-10/h2,6,8-10,14H,3-5H2,1H3. The van der Waals surface area contributed by atoms with E-state index in [1.54, 1.807) is 0 Å². The minimum Gasteiger partial charge on any atom is -0.0835 e. The van der Waals surface area contributed by atoms with Crippen LogP contribution in [0.2, 0.25) is 0 Å². The number of fused-ring (bicyclic) bond motifs is 1. The maximum absolute atomic E-state index is 3.92. The second kappa shape index (κ2) is 4.64. The van der Waals surface area contributed by atoms with Gasteiger partial charge in [0.25, 0.3) is 0 Å². The molecule has 0 heterocycles. The van der Waals surface area contributed by atoms with Gasteiger partial charge in [0.15, 0.2) is 0 Å². The predicted octanol–water partition coefficient (Wildman–Crippen LogP) is 6.00. The van der Waals surface area contributed by atoms with Crippen molar-refractivity contribution in [2.45, 2.75) is 31.0 Å². The molecule has 2 aliphatic carbocycles. The third kappa shape index (κ3) is 2.40. The van der Waals surface area contributed by atoms with Crippen molar-refractivity contribution in [1.82, 2.24) is 0 Å². The van der Waals surface area contributed by atoms with Gasteiger partial charge in [-0.1, -0.05) is 47.8 Å². The Bertz CT molecular complexity index is 445. The molecule has 1 aromatic rings. The largest absolute Gasteiger partial charge is 0.0835 e. The summed E-state index contributed by atoms with van der Waals surface area (Å²) in [5.41, 5.74) is 2.68. The zero-order valence-corrected chi connectivity index (χ0v) is 14.5. The van der Waals surface area contributed by atoms with E-state index in [1.807, 2.05) is 0 Å². The van der Waals surface area contributed by atoms with Crippen molar-refractivity contribution in [2.75, 3.05) is 0 Å². The number of aryl methyl sites for hydroxylation is 1. The average molecular weight is 423 g/mol. The summed E-state index contributed by atoms with van der Waals surface area (Å²) in [4.78, 5) is 0.501. The Morgan fingerprint density at radius 1 is 1.06 bits per heavy atom. The Morgan fingerprint density at radius 2 is 1.71 bits per heavy atom. The fourth-order valence-corrected chi connectivity index (χ4v) is 5.31. The van der Waals surface area contributed by atoms with Crippen LogP contribution in [0, 0.1) is 24.7 Å². The van der Waals surface area contributed by atoms with Crippen molar-refractivity contribution in [3.8, 4) is 0 Å². The first-order valence-electron chi connectivity index (χ1n) is 6.16. The van der Waals surface area contributed by atoms with E-state index in [2.05, 4.69) is 66.8 Å². The minimum atomic E-state index is 0.501. The first-order chi connectivity index (χ1) is 8.06. The normalized spacial score (nSPS) is 32.4. The van der Waals surface area contributed by atoms with Crippen molar-refractivity contribution < 1.29 is 0 Å². The summed E-state index contributed by atoms with van der Waals surface area (Å²) in [6, 6.07) is 4.48. The van der Waals surface area contributed by atoms with E-state index in [0.29, 0.717) is 4.83 Å². The van der Waals surface area contributed by atoms with Crippen LogP contribution in [0.3, 0.4) is 0 Å². The zero-order valence-electron chi connectivity index (χ0n) is 9.72. The molecule has 17 heavy (non-hydrogen) atoms. The van der Waals surface area contributed by atoms with Gasteiger partial charge in [0.2, 0.25) is 0 Å². The molecular formula is C14H15Br3. The molecule has 92 valence electrons. The zero-order chi connectivity index (χ0) is 12.2. The Labute approximate surface area is 128 Å². The van der Waals surface area contributed by atoms with E-state index in [0.717, 1.165) is 17.8 Å². The fourth-order valence-electron chi connectivity index (χ4n) is 3.13. The molecule has 3 atom stereocenters.